The number of carbonyl (C=O) groups is 2. The molecule has 0 aliphatic heterocycles. The lowest BCUT2D eigenvalue weighted by molar-refractivity contribution is -0.597. The van der Waals surface area contributed by atoms with Crippen molar-refractivity contribution in [3.63, 3.8) is 0 Å². The topological polar surface area (TPSA) is 43.4 Å². The number of rotatable bonds is 6. The number of carbonyl (C=O) groups excluding carboxylic acids is 2. The summed E-state index contributed by atoms with van der Waals surface area (Å²) in [6, 6.07) is 33.7. The van der Waals surface area contributed by atoms with E-state index >= 15 is 0 Å². The highest BCUT2D eigenvalue weighted by Gasteiger charge is 2.17. The standard InChI is InChI=1S/C26H18IO3/c28-25(19-7-3-1-4-8-19)20-11-13-22(14-12-20)27-23-15-17-24(18-16-23)30-26(29)21-9-5-2-6-10-21/h1-18H/q+1. The molecular formula is C26H18IO3+. The summed E-state index contributed by atoms with van der Waals surface area (Å²) in [6.45, 7) is 0. The Bertz CT molecular complexity index is 1140. The van der Waals surface area contributed by atoms with Gasteiger partial charge in [-0.3, -0.25) is 4.79 Å². The maximum Gasteiger partial charge on any atom is 0.357 e. The van der Waals surface area contributed by atoms with Crippen LogP contribution in [0.25, 0.3) is 0 Å². The van der Waals surface area contributed by atoms with Gasteiger partial charge in [-0.1, -0.05) is 48.5 Å². The Morgan fingerprint density at radius 1 is 0.533 bits per heavy atom. The van der Waals surface area contributed by atoms with Crippen LogP contribution in [-0.2, 0) is 0 Å². The van der Waals surface area contributed by atoms with Crippen LogP contribution in [0.15, 0.2) is 109 Å². The lowest BCUT2D eigenvalue weighted by Gasteiger charge is -2.03. The minimum atomic E-state index is -0.389. The molecule has 4 rings (SSSR count). The third-order valence-electron chi connectivity index (χ3n) is 4.39. The molecule has 30 heavy (non-hydrogen) atoms. The van der Waals surface area contributed by atoms with E-state index in [1.165, 1.54) is 7.14 Å². The maximum absolute atomic E-state index is 12.5. The Hall–Kier alpha value is -3.25. The molecule has 0 amide bonds. The molecule has 146 valence electrons. The molecule has 0 aliphatic carbocycles. The number of benzene rings is 4. The first-order valence-electron chi connectivity index (χ1n) is 9.41. The van der Waals surface area contributed by atoms with Crippen molar-refractivity contribution in [2.75, 3.05) is 0 Å². The van der Waals surface area contributed by atoms with Gasteiger partial charge in [-0.05, 0) is 60.7 Å². The molecule has 4 aromatic rings. The third-order valence-corrected chi connectivity index (χ3v) is 7.08. The highest BCUT2D eigenvalue weighted by Crippen LogP contribution is 2.12. The summed E-state index contributed by atoms with van der Waals surface area (Å²) >= 11 is -0.389. The van der Waals surface area contributed by atoms with Gasteiger partial charge in [0.1, 0.15) is 5.75 Å². The van der Waals surface area contributed by atoms with E-state index in [4.69, 9.17) is 4.74 Å². The molecule has 0 N–H and O–H groups in total. The molecule has 4 aromatic carbocycles. The van der Waals surface area contributed by atoms with E-state index in [2.05, 4.69) is 0 Å². The molecular weight excluding hydrogens is 487 g/mol. The molecule has 0 radical (unpaired) electrons. The Kier molecular flexibility index (Phi) is 6.35. The molecule has 0 unspecified atom stereocenters. The molecule has 0 saturated carbocycles. The zero-order valence-electron chi connectivity index (χ0n) is 16.0. The molecule has 0 bridgehead atoms. The first-order valence-corrected chi connectivity index (χ1v) is 11.6. The predicted molar refractivity (Wildman–Crippen MR) is 112 cm³/mol. The van der Waals surface area contributed by atoms with Crippen molar-refractivity contribution in [2.24, 2.45) is 0 Å². The molecule has 0 heterocycles. The van der Waals surface area contributed by atoms with Crippen LogP contribution in [0.2, 0.25) is 0 Å². The Morgan fingerprint density at radius 3 is 1.57 bits per heavy atom. The zero-order valence-corrected chi connectivity index (χ0v) is 18.2. The predicted octanol–water partition coefficient (Wildman–Crippen LogP) is 2.27. The van der Waals surface area contributed by atoms with E-state index in [0.29, 0.717) is 22.4 Å². The highest BCUT2D eigenvalue weighted by molar-refractivity contribution is 6.08. The van der Waals surface area contributed by atoms with Crippen molar-refractivity contribution in [1.29, 1.82) is 0 Å². The van der Waals surface area contributed by atoms with E-state index in [-0.39, 0.29) is 33.0 Å². The summed E-state index contributed by atoms with van der Waals surface area (Å²) < 4.78 is 7.84. The molecule has 0 spiro atoms. The van der Waals surface area contributed by atoms with Gasteiger partial charge in [-0.2, -0.15) is 0 Å². The van der Waals surface area contributed by atoms with E-state index in [9.17, 15) is 9.59 Å². The van der Waals surface area contributed by atoms with Crippen molar-refractivity contribution < 1.29 is 35.5 Å². The second-order valence-corrected chi connectivity index (χ2v) is 9.54. The van der Waals surface area contributed by atoms with Crippen LogP contribution in [0, 0.1) is 7.14 Å². The van der Waals surface area contributed by atoms with Crippen molar-refractivity contribution in [1.82, 2.24) is 0 Å². The summed E-state index contributed by atoms with van der Waals surface area (Å²) in [4.78, 5) is 24.6. The van der Waals surface area contributed by atoms with E-state index < -0.39 is 0 Å². The Morgan fingerprint density at radius 2 is 1.00 bits per heavy atom. The van der Waals surface area contributed by atoms with Gasteiger partial charge in [0, 0.05) is 11.1 Å². The zero-order chi connectivity index (χ0) is 20.8. The van der Waals surface area contributed by atoms with Gasteiger partial charge in [0.15, 0.2) is 12.9 Å². The fourth-order valence-corrected chi connectivity index (χ4v) is 5.01. The van der Waals surface area contributed by atoms with E-state index in [0.717, 1.165) is 0 Å². The van der Waals surface area contributed by atoms with Gasteiger partial charge in [-0.25, -0.2) is 4.79 Å². The summed E-state index contributed by atoms with van der Waals surface area (Å²) in [7, 11) is 0. The Labute approximate surface area is 185 Å². The maximum atomic E-state index is 12.5. The second kappa shape index (κ2) is 9.50. The minimum absolute atomic E-state index is 0.0323. The number of halogens is 1. The summed E-state index contributed by atoms with van der Waals surface area (Å²) in [6.07, 6.45) is 0. The van der Waals surface area contributed by atoms with Crippen LogP contribution < -0.4 is 25.9 Å². The third kappa shape index (κ3) is 5.02. The summed E-state index contributed by atoms with van der Waals surface area (Å²) in [5.74, 6) is 0.196. The van der Waals surface area contributed by atoms with Gasteiger partial charge in [0.05, 0.1) is 5.56 Å². The van der Waals surface area contributed by atoms with Crippen LogP contribution >= 0.6 is 0 Å². The Balaban J connectivity index is 1.39. The number of ketones is 1. The van der Waals surface area contributed by atoms with Crippen LogP contribution in [0.1, 0.15) is 26.3 Å². The molecule has 3 nitrogen and oxygen atoms in total. The molecule has 0 atom stereocenters. The van der Waals surface area contributed by atoms with Crippen molar-refractivity contribution in [3.8, 4) is 5.75 Å². The van der Waals surface area contributed by atoms with Gasteiger partial charge < -0.3 is 4.74 Å². The fourth-order valence-electron chi connectivity index (χ4n) is 2.85. The highest BCUT2D eigenvalue weighted by atomic mass is 127. The van der Waals surface area contributed by atoms with Gasteiger partial charge in [0.2, 0.25) is 0 Å². The minimum Gasteiger partial charge on any atom is -0.423 e. The molecule has 0 aliphatic rings. The summed E-state index contributed by atoms with van der Waals surface area (Å²) in [5.41, 5.74) is 1.91. The number of ether oxygens (including phenoxy) is 1. The van der Waals surface area contributed by atoms with Crippen LogP contribution in [0.4, 0.5) is 0 Å². The number of esters is 1. The first-order chi connectivity index (χ1) is 14.7. The van der Waals surface area contributed by atoms with Gasteiger partial charge >= 0.3 is 27.2 Å². The van der Waals surface area contributed by atoms with Crippen LogP contribution in [0.5, 0.6) is 5.75 Å². The normalized spacial score (nSPS) is 10.4. The molecule has 0 fully saturated rings. The number of hydrogen-bond acceptors (Lipinski definition) is 3. The molecule has 0 aromatic heterocycles. The second-order valence-electron chi connectivity index (χ2n) is 6.51. The first kappa shape index (κ1) is 20.0. The van der Waals surface area contributed by atoms with E-state index in [1.54, 1.807) is 12.1 Å². The summed E-state index contributed by atoms with van der Waals surface area (Å²) in [5, 5.41) is 0. The van der Waals surface area contributed by atoms with Crippen molar-refractivity contribution in [3.05, 3.63) is 133 Å². The molecule has 0 saturated heterocycles. The largest absolute Gasteiger partial charge is 0.423 e. The van der Waals surface area contributed by atoms with Crippen molar-refractivity contribution in [2.45, 2.75) is 0 Å². The average molecular weight is 505 g/mol. The van der Waals surface area contributed by atoms with Crippen LogP contribution in [0.3, 0.4) is 0 Å². The van der Waals surface area contributed by atoms with Gasteiger partial charge in [-0.15, -0.1) is 0 Å². The van der Waals surface area contributed by atoms with Gasteiger partial charge in [0.25, 0.3) is 0 Å². The molecule has 4 heteroatoms. The average Bonchev–Trinajstić information content (AvgIpc) is 2.81. The van der Waals surface area contributed by atoms with Crippen LogP contribution in [-0.4, -0.2) is 11.8 Å². The lowest BCUT2D eigenvalue weighted by Crippen LogP contribution is -3.61. The lowest BCUT2D eigenvalue weighted by atomic mass is 10.0. The SMILES string of the molecule is O=C(Oc1ccc([I+]c2ccc(C(=O)c3ccccc3)cc2)cc1)c1ccccc1. The van der Waals surface area contributed by atoms with Crippen molar-refractivity contribution >= 4 is 11.8 Å². The number of hydrogen-bond donors (Lipinski definition) is 0. The quantitative estimate of drug-likeness (QED) is 0.175. The fraction of sp³-hybridized carbons (Fsp3) is 0. The smallest absolute Gasteiger partial charge is 0.357 e. The monoisotopic (exact) mass is 505 g/mol. The van der Waals surface area contributed by atoms with E-state index in [1.807, 2.05) is 97.1 Å².